The number of nitrogens with zero attached hydrogens (tertiary/aromatic N) is 1. The minimum Gasteiger partial charge on any atom is -0.468 e. The predicted molar refractivity (Wildman–Crippen MR) is 81.4 cm³/mol. The summed E-state index contributed by atoms with van der Waals surface area (Å²) in [6.45, 7) is 0. The molecular formula is C13H13BrClNO6. The van der Waals surface area contributed by atoms with Crippen molar-refractivity contribution in [3.05, 3.63) is 45.0 Å². The molecule has 22 heavy (non-hydrogen) atoms. The lowest BCUT2D eigenvalue weighted by atomic mass is 9.85. The van der Waals surface area contributed by atoms with Crippen molar-refractivity contribution in [3.63, 3.8) is 0 Å². The Labute approximate surface area is 139 Å². The van der Waals surface area contributed by atoms with E-state index in [1.54, 1.807) is 0 Å². The van der Waals surface area contributed by atoms with Crippen LogP contribution in [-0.4, -0.2) is 36.0 Å². The Balaban J connectivity index is 3.39. The molecule has 0 bridgehead atoms. The van der Waals surface area contributed by atoms with Gasteiger partial charge in [0, 0.05) is 9.95 Å². The minimum atomic E-state index is -1.48. The molecule has 0 aromatic heterocycles. The molecule has 0 N–H and O–H groups in total. The molecule has 0 amide bonds. The zero-order valence-electron chi connectivity index (χ0n) is 11.7. The van der Waals surface area contributed by atoms with Gasteiger partial charge in [-0.2, -0.15) is 0 Å². The van der Waals surface area contributed by atoms with Crippen LogP contribution in [0.25, 0.3) is 0 Å². The third-order valence-corrected chi connectivity index (χ3v) is 4.18. The van der Waals surface area contributed by atoms with Gasteiger partial charge in [-0.3, -0.25) is 19.7 Å². The smallest absolute Gasteiger partial charge is 0.321 e. The third-order valence-electron chi connectivity index (χ3n) is 3.02. The maximum Gasteiger partial charge on any atom is 0.321 e. The fourth-order valence-electron chi connectivity index (χ4n) is 1.97. The second-order valence-electron chi connectivity index (χ2n) is 4.26. The second kappa shape index (κ2) is 8.09. The van der Waals surface area contributed by atoms with Crippen molar-refractivity contribution in [1.29, 1.82) is 0 Å². The number of hydrogen-bond donors (Lipinski definition) is 0. The van der Waals surface area contributed by atoms with E-state index in [9.17, 15) is 19.7 Å². The Morgan fingerprint density at radius 2 is 1.64 bits per heavy atom. The van der Waals surface area contributed by atoms with Crippen molar-refractivity contribution in [1.82, 2.24) is 0 Å². The van der Waals surface area contributed by atoms with Gasteiger partial charge in [0.1, 0.15) is 0 Å². The van der Waals surface area contributed by atoms with E-state index < -0.39 is 33.6 Å². The van der Waals surface area contributed by atoms with Crippen LogP contribution in [0.1, 0.15) is 11.5 Å². The van der Waals surface area contributed by atoms with E-state index >= 15 is 0 Å². The lowest BCUT2D eigenvalue weighted by Crippen LogP contribution is -2.38. The Hall–Kier alpha value is -1.67. The molecule has 1 aromatic carbocycles. The van der Waals surface area contributed by atoms with Crippen LogP contribution in [0.15, 0.2) is 24.3 Å². The molecule has 0 spiro atoms. The first-order valence-electron chi connectivity index (χ1n) is 6.02. The molecule has 0 saturated heterocycles. The number of ether oxygens (including phenoxy) is 2. The molecule has 9 heteroatoms. The number of benzene rings is 1. The molecule has 0 saturated carbocycles. The Morgan fingerprint density at radius 1 is 1.18 bits per heavy atom. The van der Waals surface area contributed by atoms with Gasteiger partial charge < -0.3 is 9.47 Å². The van der Waals surface area contributed by atoms with E-state index in [-0.39, 0.29) is 0 Å². The monoisotopic (exact) mass is 393 g/mol. The third kappa shape index (κ3) is 4.17. The van der Waals surface area contributed by atoms with Gasteiger partial charge in [0.15, 0.2) is 5.92 Å². The van der Waals surface area contributed by atoms with E-state index in [2.05, 4.69) is 25.4 Å². The topological polar surface area (TPSA) is 95.7 Å². The highest BCUT2D eigenvalue weighted by atomic mass is 79.9. The number of nitro groups is 1. The second-order valence-corrected chi connectivity index (χ2v) is 5.63. The predicted octanol–water partition coefficient (Wildman–Crippen LogP) is 2.38. The number of hydrogen-bond acceptors (Lipinski definition) is 6. The lowest BCUT2D eigenvalue weighted by molar-refractivity contribution is -0.497. The van der Waals surface area contributed by atoms with Gasteiger partial charge >= 0.3 is 11.9 Å². The maximum absolute atomic E-state index is 11.9. The zero-order valence-corrected chi connectivity index (χ0v) is 14.0. The van der Waals surface area contributed by atoms with E-state index in [1.807, 2.05) is 0 Å². The van der Waals surface area contributed by atoms with E-state index in [0.29, 0.717) is 10.6 Å². The number of alkyl halides is 1. The molecule has 120 valence electrons. The summed E-state index contributed by atoms with van der Waals surface area (Å²) >= 11 is 8.70. The average molecular weight is 395 g/mol. The normalized spacial score (nSPS) is 13.3. The highest BCUT2D eigenvalue weighted by Crippen LogP contribution is 2.35. The van der Waals surface area contributed by atoms with Crippen molar-refractivity contribution in [2.45, 2.75) is 10.9 Å². The molecule has 0 aliphatic rings. The molecule has 0 unspecified atom stereocenters. The van der Waals surface area contributed by atoms with E-state index in [0.717, 1.165) is 14.2 Å². The van der Waals surface area contributed by atoms with Crippen LogP contribution < -0.4 is 0 Å². The summed E-state index contributed by atoms with van der Waals surface area (Å²) in [4.78, 5) is 33.0. The summed E-state index contributed by atoms with van der Waals surface area (Å²) in [6.07, 6.45) is 0. The van der Waals surface area contributed by atoms with Crippen LogP contribution in [0.2, 0.25) is 5.02 Å². The molecule has 0 fully saturated rings. The average Bonchev–Trinajstić information content (AvgIpc) is 2.51. The van der Waals surface area contributed by atoms with Gasteiger partial charge in [-0.25, -0.2) is 0 Å². The molecule has 2 atom stereocenters. The van der Waals surface area contributed by atoms with Gasteiger partial charge in [-0.05, 0) is 33.6 Å². The number of methoxy groups -OCH3 is 2. The van der Waals surface area contributed by atoms with E-state index in [1.165, 1.54) is 24.3 Å². The first kappa shape index (κ1) is 18.4. The number of esters is 2. The largest absolute Gasteiger partial charge is 0.468 e. The zero-order chi connectivity index (χ0) is 16.9. The first-order chi connectivity index (χ1) is 10.3. The number of carbonyl (C=O) groups excluding carboxylic acids is 2. The van der Waals surface area contributed by atoms with Crippen LogP contribution in [-0.2, 0) is 19.1 Å². The summed E-state index contributed by atoms with van der Waals surface area (Å²) in [6, 6.07) is 6.03. The van der Waals surface area contributed by atoms with Crippen LogP contribution in [0.3, 0.4) is 0 Å². The lowest BCUT2D eigenvalue weighted by Gasteiger charge is -2.23. The Kier molecular flexibility index (Phi) is 6.76. The van der Waals surface area contributed by atoms with Crippen molar-refractivity contribution in [2.24, 2.45) is 5.92 Å². The number of halogens is 2. The quantitative estimate of drug-likeness (QED) is 0.184. The summed E-state index contributed by atoms with van der Waals surface area (Å²) in [5.41, 5.74) is 0.378. The summed E-state index contributed by atoms with van der Waals surface area (Å²) in [5, 5.41) is 11.6. The maximum atomic E-state index is 11.9. The molecule has 0 aliphatic heterocycles. The van der Waals surface area contributed by atoms with Crippen LogP contribution in [0.5, 0.6) is 0 Å². The summed E-state index contributed by atoms with van der Waals surface area (Å²) in [5.74, 6) is -4.44. The molecule has 7 nitrogen and oxygen atoms in total. The van der Waals surface area contributed by atoms with Crippen molar-refractivity contribution in [3.8, 4) is 0 Å². The summed E-state index contributed by atoms with van der Waals surface area (Å²) < 4.78 is 9.16. The van der Waals surface area contributed by atoms with Crippen LogP contribution in [0, 0.1) is 16.0 Å². The highest BCUT2D eigenvalue weighted by molar-refractivity contribution is 9.09. The van der Waals surface area contributed by atoms with Gasteiger partial charge in [0.2, 0.25) is 0 Å². The first-order valence-corrected chi connectivity index (χ1v) is 7.31. The Morgan fingerprint density at radius 3 is 2.00 bits per heavy atom. The fraction of sp³-hybridized carbons (Fsp3) is 0.385. The van der Waals surface area contributed by atoms with Gasteiger partial charge in [-0.1, -0.05) is 23.7 Å². The Bertz CT molecular complexity index is 548. The van der Waals surface area contributed by atoms with Crippen molar-refractivity contribution < 1.29 is 24.0 Å². The highest BCUT2D eigenvalue weighted by Gasteiger charge is 2.46. The van der Waals surface area contributed by atoms with Crippen LogP contribution in [0.4, 0.5) is 0 Å². The molecule has 1 rings (SSSR count). The van der Waals surface area contributed by atoms with E-state index in [4.69, 9.17) is 11.6 Å². The number of carbonyl (C=O) groups is 2. The summed E-state index contributed by atoms with van der Waals surface area (Å²) in [7, 11) is 2.18. The molecule has 0 heterocycles. The standard InChI is InChI=1S/C13H13BrClNO6/c1-21-12(17)10(13(18)22-2)9(11(14)16(19)20)7-3-5-8(15)6-4-7/h3-6,9-11H,1-2H3/t9-,11+/m0/s1. The fourth-order valence-corrected chi connectivity index (χ4v) is 2.71. The van der Waals surface area contributed by atoms with Gasteiger partial charge in [0.25, 0.3) is 4.95 Å². The van der Waals surface area contributed by atoms with Crippen molar-refractivity contribution in [2.75, 3.05) is 14.2 Å². The number of rotatable bonds is 6. The SMILES string of the molecule is COC(=O)C(C(=O)OC)[C@H](c1ccc(Cl)cc1)[C@H](Br)[N+](=O)[O-]. The van der Waals surface area contributed by atoms with Crippen LogP contribution >= 0.6 is 27.5 Å². The van der Waals surface area contributed by atoms with Gasteiger partial charge in [0.05, 0.1) is 20.1 Å². The molecule has 0 aliphatic carbocycles. The molecule has 0 radical (unpaired) electrons. The minimum absolute atomic E-state index is 0.378. The van der Waals surface area contributed by atoms with Crippen molar-refractivity contribution >= 4 is 39.5 Å². The van der Waals surface area contributed by atoms with Gasteiger partial charge in [-0.15, -0.1) is 0 Å². The molecule has 1 aromatic rings. The molecular weight excluding hydrogens is 382 g/mol.